The van der Waals surface area contributed by atoms with Crippen LogP contribution in [0.2, 0.25) is 0 Å². The van der Waals surface area contributed by atoms with E-state index < -0.39 is 0 Å². The molecular formula is C12H25NO2. The molecule has 1 aliphatic heterocycles. The van der Waals surface area contributed by atoms with Crippen molar-refractivity contribution in [3.8, 4) is 0 Å². The van der Waals surface area contributed by atoms with Crippen LogP contribution in [0.4, 0.5) is 0 Å². The third-order valence-corrected chi connectivity index (χ3v) is 2.89. The Kier molecular flexibility index (Phi) is 5.58. The highest BCUT2D eigenvalue weighted by Crippen LogP contribution is 2.27. The van der Waals surface area contributed by atoms with E-state index in [2.05, 4.69) is 19.2 Å². The van der Waals surface area contributed by atoms with Gasteiger partial charge in [0.05, 0.1) is 12.7 Å². The predicted octanol–water partition coefficient (Wildman–Crippen LogP) is 1.82. The second-order valence-corrected chi connectivity index (χ2v) is 5.17. The zero-order chi connectivity index (χ0) is 11.1. The summed E-state index contributed by atoms with van der Waals surface area (Å²) >= 11 is 0. The molecule has 0 aromatic rings. The molecule has 1 N–H and O–H groups in total. The molecule has 3 heteroatoms. The van der Waals surface area contributed by atoms with Crippen LogP contribution in [0.25, 0.3) is 0 Å². The molecule has 0 bridgehead atoms. The zero-order valence-corrected chi connectivity index (χ0v) is 10.3. The summed E-state index contributed by atoms with van der Waals surface area (Å²) in [4.78, 5) is 0. The van der Waals surface area contributed by atoms with Gasteiger partial charge >= 0.3 is 0 Å². The molecule has 1 atom stereocenters. The summed E-state index contributed by atoms with van der Waals surface area (Å²) in [6.07, 6.45) is 4.12. The van der Waals surface area contributed by atoms with Crippen LogP contribution in [-0.2, 0) is 9.47 Å². The van der Waals surface area contributed by atoms with Crippen LogP contribution >= 0.6 is 0 Å². The average Bonchev–Trinajstić information content (AvgIpc) is 2.64. The average molecular weight is 215 g/mol. The molecule has 1 saturated heterocycles. The molecule has 0 aromatic carbocycles. The smallest absolute Gasteiger partial charge is 0.0587 e. The van der Waals surface area contributed by atoms with Gasteiger partial charge in [0, 0.05) is 26.8 Å². The van der Waals surface area contributed by atoms with Crippen LogP contribution in [0.5, 0.6) is 0 Å². The second-order valence-electron chi connectivity index (χ2n) is 5.17. The fourth-order valence-electron chi connectivity index (χ4n) is 2.09. The van der Waals surface area contributed by atoms with E-state index in [0.29, 0.717) is 11.5 Å². The predicted molar refractivity (Wildman–Crippen MR) is 62.1 cm³/mol. The van der Waals surface area contributed by atoms with E-state index in [1.807, 2.05) is 0 Å². The molecule has 3 nitrogen and oxygen atoms in total. The van der Waals surface area contributed by atoms with Crippen molar-refractivity contribution in [1.82, 2.24) is 5.32 Å². The first-order valence-electron chi connectivity index (χ1n) is 5.95. The van der Waals surface area contributed by atoms with Crippen molar-refractivity contribution in [2.45, 2.75) is 39.2 Å². The Hall–Kier alpha value is -0.120. The number of hydrogen-bond donors (Lipinski definition) is 1. The van der Waals surface area contributed by atoms with Crippen molar-refractivity contribution in [2.75, 3.05) is 33.4 Å². The molecule has 0 saturated carbocycles. The molecule has 90 valence electrons. The fourth-order valence-corrected chi connectivity index (χ4v) is 2.09. The van der Waals surface area contributed by atoms with Crippen molar-refractivity contribution >= 4 is 0 Å². The Morgan fingerprint density at radius 1 is 1.47 bits per heavy atom. The van der Waals surface area contributed by atoms with Gasteiger partial charge in [-0.3, -0.25) is 0 Å². The lowest BCUT2D eigenvalue weighted by atomic mass is 9.86. The summed E-state index contributed by atoms with van der Waals surface area (Å²) in [5.41, 5.74) is 0.322. The molecule has 1 unspecified atom stereocenters. The molecule has 0 spiro atoms. The van der Waals surface area contributed by atoms with Crippen LogP contribution in [-0.4, -0.2) is 39.5 Å². The van der Waals surface area contributed by atoms with Crippen LogP contribution < -0.4 is 5.32 Å². The summed E-state index contributed by atoms with van der Waals surface area (Å²) in [7, 11) is 1.74. The van der Waals surface area contributed by atoms with Crippen LogP contribution in [0, 0.1) is 5.41 Å². The molecule has 0 aromatic heterocycles. The molecule has 0 amide bonds. The Balaban J connectivity index is 2.12. The molecule has 1 fully saturated rings. The van der Waals surface area contributed by atoms with Crippen LogP contribution in [0.15, 0.2) is 0 Å². The number of rotatable bonds is 7. The normalized spacial score (nSPS) is 22.2. The SMILES string of the molecule is COCCNCC(C)(C)CC1CCCO1. The van der Waals surface area contributed by atoms with Gasteiger partial charge in [-0.1, -0.05) is 13.8 Å². The highest BCUT2D eigenvalue weighted by atomic mass is 16.5. The molecule has 1 heterocycles. The molecule has 0 aliphatic carbocycles. The summed E-state index contributed by atoms with van der Waals surface area (Å²) in [5.74, 6) is 0. The maximum Gasteiger partial charge on any atom is 0.0587 e. The van der Waals surface area contributed by atoms with Gasteiger partial charge in [0.15, 0.2) is 0 Å². The summed E-state index contributed by atoms with van der Waals surface area (Å²) in [6, 6.07) is 0. The Morgan fingerprint density at radius 3 is 2.87 bits per heavy atom. The van der Waals surface area contributed by atoms with Crippen molar-refractivity contribution in [1.29, 1.82) is 0 Å². The van der Waals surface area contributed by atoms with E-state index in [0.717, 1.165) is 32.7 Å². The highest BCUT2D eigenvalue weighted by Gasteiger charge is 2.25. The number of nitrogens with one attached hydrogen (secondary N) is 1. The van der Waals surface area contributed by atoms with Gasteiger partial charge in [0.1, 0.15) is 0 Å². The van der Waals surface area contributed by atoms with Gasteiger partial charge < -0.3 is 14.8 Å². The van der Waals surface area contributed by atoms with E-state index in [-0.39, 0.29) is 0 Å². The van der Waals surface area contributed by atoms with E-state index in [4.69, 9.17) is 9.47 Å². The third kappa shape index (κ3) is 5.50. The largest absolute Gasteiger partial charge is 0.383 e. The minimum Gasteiger partial charge on any atom is -0.383 e. The van der Waals surface area contributed by atoms with Crippen LogP contribution in [0.1, 0.15) is 33.1 Å². The van der Waals surface area contributed by atoms with Crippen molar-refractivity contribution < 1.29 is 9.47 Å². The third-order valence-electron chi connectivity index (χ3n) is 2.89. The van der Waals surface area contributed by atoms with Gasteiger partial charge in [0.2, 0.25) is 0 Å². The van der Waals surface area contributed by atoms with Gasteiger partial charge in [-0.25, -0.2) is 0 Å². The Labute approximate surface area is 93.5 Å². The lowest BCUT2D eigenvalue weighted by Gasteiger charge is -2.27. The van der Waals surface area contributed by atoms with E-state index in [9.17, 15) is 0 Å². The van der Waals surface area contributed by atoms with Crippen molar-refractivity contribution in [2.24, 2.45) is 5.41 Å². The Bertz CT molecular complexity index is 165. The molecule has 1 rings (SSSR count). The minimum absolute atomic E-state index is 0.322. The number of methoxy groups -OCH3 is 1. The zero-order valence-electron chi connectivity index (χ0n) is 10.3. The maximum atomic E-state index is 5.66. The van der Waals surface area contributed by atoms with Crippen LogP contribution in [0.3, 0.4) is 0 Å². The maximum absolute atomic E-state index is 5.66. The minimum atomic E-state index is 0.322. The van der Waals surface area contributed by atoms with E-state index >= 15 is 0 Å². The summed E-state index contributed by atoms with van der Waals surface area (Å²) in [6.45, 7) is 8.32. The van der Waals surface area contributed by atoms with E-state index in [1.54, 1.807) is 7.11 Å². The van der Waals surface area contributed by atoms with Crippen molar-refractivity contribution in [3.63, 3.8) is 0 Å². The first-order valence-corrected chi connectivity index (χ1v) is 5.95. The van der Waals surface area contributed by atoms with Gasteiger partial charge in [-0.05, 0) is 24.7 Å². The van der Waals surface area contributed by atoms with Gasteiger partial charge in [-0.2, -0.15) is 0 Å². The lowest BCUT2D eigenvalue weighted by Crippen LogP contribution is -2.34. The molecule has 0 radical (unpaired) electrons. The standard InChI is InChI=1S/C12H25NO2/c1-12(2,10-13-6-8-14-3)9-11-5-4-7-15-11/h11,13H,4-10H2,1-3H3. The quantitative estimate of drug-likeness (QED) is 0.657. The first-order chi connectivity index (χ1) is 7.14. The number of hydrogen-bond acceptors (Lipinski definition) is 3. The topological polar surface area (TPSA) is 30.5 Å². The second kappa shape index (κ2) is 6.46. The number of ether oxygens (including phenoxy) is 2. The van der Waals surface area contributed by atoms with Crippen molar-refractivity contribution in [3.05, 3.63) is 0 Å². The highest BCUT2D eigenvalue weighted by molar-refractivity contribution is 4.78. The fraction of sp³-hybridized carbons (Fsp3) is 1.00. The Morgan fingerprint density at radius 2 is 2.27 bits per heavy atom. The molecular weight excluding hydrogens is 190 g/mol. The summed E-state index contributed by atoms with van der Waals surface area (Å²) < 4.78 is 10.7. The summed E-state index contributed by atoms with van der Waals surface area (Å²) in [5, 5.41) is 3.42. The molecule has 15 heavy (non-hydrogen) atoms. The van der Waals surface area contributed by atoms with Gasteiger partial charge in [-0.15, -0.1) is 0 Å². The first kappa shape index (κ1) is 12.9. The van der Waals surface area contributed by atoms with E-state index in [1.165, 1.54) is 12.8 Å². The lowest BCUT2D eigenvalue weighted by molar-refractivity contribution is 0.0706. The monoisotopic (exact) mass is 215 g/mol. The molecule has 1 aliphatic rings. The van der Waals surface area contributed by atoms with Gasteiger partial charge in [0.25, 0.3) is 0 Å².